The first-order valence-corrected chi connectivity index (χ1v) is 11.3. The van der Waals surface area contributed by atoms with Crippen molar-refractivity contribution in [3.63, 3.8) is 0 Å². The maximum absolute atomic E-state index is 12.0. The van der Waals surface area contributed by atoms with Crippen LogP contribution in [0.2, 0.25) is 0 Å². The Morgan fingerprint density at radius 2 is 1.86 bits per heavy atom. The van der Waals surface area contributed by atoms with Crippen LogP contribution >= 0.6 is 24.0 Å². The molecule has 3 fully saturated rings. The molecular formula is C21H40IN5O2. The number of rotatable bonds is 6. The smallest absolute Gasteiger partial charge is 0.222 e. The van der Waals surface area contributed by atoms with Crippen molar-refractivity contribution in [1.82, 2.24) is 20.4 Å². The van der Waals surface area contributed by atoms with E-state index < -0.39 is 0 Å². The van der Waals surface area contributed by atoms with E-state index in [-0.39, 0.29) is 35.4 Å². The van der Waals surface area contributed by atoms with Gasteiger partial charge in [-0.3, -0.25) is 14.7 Å². The van der Waals surface area contributed by atoms with Gasteiger partial charge in [-0.05, 0) is 26.2 Å². The Kier molecular flexibility index (Phi) is 10.5. The molecule has 0 spiro atoms. The molecular weight excluding hydrogens is 481 g/mol. The van der Waals surface area contributed by atoms with Crippen LogP contribution in [0.1, 0.15) is 58.8 Å². The predicted octanol–water partition coefficient (Wildman–Crippen LogP) is 2.21. The van der Waals surface area contributed by atoms with Crippen LogP contribution in [0.3, 0.4) is 0 Å². The summed E-state index contributed by atoms with van der Waals surface area (Å²) in [7, 11) is 0. The third kappa shape index (κ3) is 6.69. The highest BCUT2D eigenvalue weighted by molar-refractivity contribution is 14.0. The molecule has 1 saturated carbocycles. The molecule has 8 heteroatoms. The molecule has 2 heterocycles. The summed E-state index contributed by atoms with van der Waals surface area (Å²) in [5, 5.41) is 7.01. The summed E-state index contributed by atoms with van der Waals surface area (Å²) in [6.45, 7) is 11.1. The van der Waals surface area contributed by atoms with Gasteiger partial charge in [-0.15, -0.1) is 24.0 Å². The number of nitrogens with one attached hydrogen (secondary N) is 2. The first kappa shape index (κ1) is 24.7. The first-order valence-electron chi connectivity index (χ1n) is 11.3. The number of ether oxygens (including phenoxy) is 1. The van der Waals surface area contributed by atoms with Crippen molar-refractivity contribution in [3.05, 3.63) is 0 Å². The van der Waals surface area contributed by atoms with E-state index in [1.807, 2.05) is 11.8 Å². The number of aliphatic imine (C=N–C) groups is 1. The van der Waals surface area contributed by atoms with E-state index >= 15 is 0 Å². The van der Waals surface area contributed by atoms with Crippen molar-refractivity contribution in [2.45, 2.75) is 70.4 Å². The topological polar surface area (TPSA) is 69.2 Å². The number of morpholine rings is 1. The van der Waals surface area contributed by atoms with Crippen LogP contribution in [-0.4, -0.2) is 85.7 Å². The molecule has 1 aliphatic carbocycles. The molecule has 3 aliphatic rings. The molecule has 2 saturated heterocycles. The van der Waals surface area contributed by atoms with Crippen LogP contribution in [0.5, 0.6) is 0 Å². The van der Waals surface area contributed by atoms with E-state index in [0.717, 1.165) is 64.9 Å². The minimum absolute atomic E-state index is 0. The van der Waals surface area contributed by atoms with E-state index in [2.05, 4.69) is 22.5 Å². The number of likely N-dealkylation sites (tertiary alicyclic amines) is 1. The van der Waals surface area contributed by atoms with E-state index in [9.17, 15) is 4.79 Å². The summed E-state index contributed by atoms with van der Waals surface area (Å²) in [5.41, 5.74) is 0.185. The Bertz CT molecular complexity index is 533. The molecule has 0 radical (unpaired) electrons. The molecule has 3 rings (SSSR count). The molecule has 0 aromatic rings. The van der Waals surface area contributed by atoms with Gasteiger partial charge >= 0.3 is 0 Å². The van der Waals surface area contributed by atoms with Crippen LogP contribution < -0.4 is 10.6 Å². The Morgan fingerprint density at radius 1 is 1.14 bits per heavy atom. The van der Waals surface area contributed by atoms with Crippen LogP contribution in [0, 0.1) is 0 Å². The van der Waals surface area contributed by atoms with Crippen molar-refractivity contribution >= 4 is 35.8 Å². The molecule has 29 heavy (non-hydrogen) atoms. The molecule has 1 amide bonds. The van der Waals surface area contributed by atoms with Gasteiger partial charge in [0, 0.05) is 50.7 Å². The highest BCUT2D eigenvalue weighted by Crippen LogP contribution is 2.34. The fourth-order valence-electron chi connectivity index (χ4n) is 4.89. The average Bonchev–Trinajstić information content (AvgIpc) is 3.21. The minimum Gasteiger partial charge on any atom is -0.379 e. The number of nitrogens with zero attached hydrogens (tertiary/aromatic N) is 3. The van der Waals surface area contributed by atoms with E-state index in [4.69, 9.17) is 9.73 Å². The standard InChI is InChI=1S/C21H39N5O2.HI/c1-3-19(27)25-11-8-18(16-25)24-20(22-4-2)23-17-21(9-6-5-7-10-21)26-12-14-28-15-13-26;/h18H,3-17H2,1-2H3,(H2,22,23,24);1H. The second-order valence-electron chi connectivity index (χ2n) is 8.40. The molecule has 1 atom stereocenters. The van der Waals surface area contributed by atoms with Gasteiger partial charge in [0.25, 0.3) is 0 Å². The molecule has 168 valence electrons. The van der Waals surface area contributed by atoms with Crippen molar-refractivity contribution in [1.29, 1.82) is 0 Å². The lowest BCUT2D eigenvalue weighted by atomic mass is 9.80. The van der Waals surface area contributed by atoms with E-state index in [1.165, 1.54) is 32.1 Å². The van der Waals surface area contributed by atoms with Crippen molar-refractivity contribution in [2.75, 3.05) is 52.5 Å². The SMILES string of the molecule is CCNC(=NCC1(N2CCOCC2)CCCCC1)NC1CCN(C(=O)CC)C1.I. The van der Waals surface area contributed by atoms with Gasteiger partial charge in [-0.25, -0.2) is 0 Å². The number of hydrogen-bond acceptors (Lipinski definition) is 4. The highest BCUT2D eigenvalue weighted by atomic mass is 127. The minimum atomic E-state index is 0. The zero-order chi connectivity index (χ0) is 19.8. The van der Waals surface area contributed by atoms with Gasteiger partial charge in [-0.2, -0.15) is 0 Å². The van der Waals surface area contributed by atoms with Crippen LogP contribution in [0.4, 0.5) is 0 Å². The quantitative estimate of drug-likeness (QED) is 0.319. The van der Waals surface area contributed by atoms with Crippen LogP contribution in [0.25, 0.3) is 0 Å². The van der Waals surface area contributed by atoms with Crippen LogP contribution in [0.15, 0.2) is 4.99 Å². The number of carbonyl (C=O) groups excluding carboxylic acids is 1. The molecule has 1 unspecified atom stereocenters. The maximum atomic E-state index is 12.0. The molecule has 0 bridgehead atoms. The second-order valence-corrected chi connectivity index (χ2v) is 8.40. The molecule has 2 aliphatic heterocycles. The maximum Gasteiger partial charge on any atom is 0.222 e. The van der Waals surface area contributed by atoms with Crippen molar-refractivity contribution < 1.29 is 9.53 Å². The largest absolute Gasteiger partial charge is 0.379 e. The van der Waals surface area contributed by atoms with Crippen LogP contribution in [-0.2, 0) is 9.53 Å². The fourth-order valence-corrected chi connectivity index (χ4v) is 4.89. The third-order valence-electron chi connectivity index (χ3n) is 6.53. The lowest BCUT2D eigenvalue weighted by Crippen LogP contribution is -2.57. The highest BCUT2D eigenvalue weighted by Gasteiger charge is 2.38. The Labute approximate surface area is 193 Å². The number of carbonyl (C=O) groups is 1. The van der Waals surface area contributed by atoms with E-state index in [0.29, 0.717) is 12.5 Å². The average molecular weight is 521 g/mol. The van der Waals surface area contributed by atoms with Gasteiger partial charge in [-0.1, -0.05) is 26.2 Å². The summed E-state index contributed by atoms with van der Waals surface area (Å²) in [6, 6.07) is 0.291. The summed E-state index contributed by atoms with van der Waals surface area (Å²) in [5.74, 6) is 1.15. The molecule has 0 aromatic carbocycles. The van der Waals surface area contributed by atoms with Crippen molar-refractivity contribution in [2.24, 2.45) is 4.99 Å². The predicted molar refractivity (Wildman–Crippen MR) is 128 cm³/mol. The molecule has 0 aromatic heterocycles. The summed E-state index contributed by atoms with van der Waals surface area (Å²) >= 11 is 0. The Morgan fingerprint density at radius 3 is 2.52 bits per heavy atom. The van der Waals surface area contributed by atoms with E-state index in [1.54, 1.807) is 0 Å². The summed E-state index contributed by atoms with van der Waals surface area (Å²) in [4.78, 5) is 21.6. The number of halogens is 1. The lowest BCUT2D eigenvalue weighted by molar-refractivity contribution is -0.129. The number of hydrogen-bond donors (Lipinski definition) is 2. The zero-order valence-electron chi connectivity index (χ0n) is 18.3. The van der Waals surface area contributed by atoms with Gasteiger partial charge in [0.2, 0.25) is 5.91 Å². The normalized spacial score (nSPS) is 25.4. The first-order chi connectivity index (χ1) is 13.7. The summed E-state index contributed by atoms with van der Waals surface area (Å²) < 4.78 is 5.59. The van der Waals surface area contributed by atoms with Gasteiger partial charge in [0.05, 0.1) is 19.8 Å². The number of amides is 1. The van der Waals surface area contributed by atoms with Crippen molar-refractivity contribution in [3.8, 4) is 0 Å². The lowest BCUT2D eigenvalue weighted by Gasteiger charge is -2.47. The molecule has 7 nitrogen and oxygen atoms in total. The Hall–Kier alpha value is -0.610. The monoisotopic (exact) mass is 521 g/mol. The third-order valence-corrected chi connectivity index (χ3v) is 6.53. The molecule has 2 N–H and O–H groups in total. The van der Waals surface area contributed by atoms with Gasteiger partial charge < -0.3 is 20.3 Å². The zero-order valence-corrected chi connectivity index (χ0v) is 20.6. The van der Waals surface area contributed by atoms with Gasteiger partial charge in [0.15, 0.2) is 5.96 Å². The Balaban J connectivity index is 0.00000300. The summed E-state index contributed by atoms with van der Waals surface area (Å²) in [6.07, 6.45) is 7.99. The fraction of sp³-hybridized carbons (Fsp3) is 0.905. The number of guanidine groups is 1. The van der Waals surface area contributed by atoms with Gasteiger partial charge in [0.1, 0.15) is 0 Å². The second kappa shape index (κ2) is 12.3.